The van der Waals surface area contributed by atoms with Crippen LogP contribution in [-0.4, -0.2) is 35.8 Å². The van der Waals surface area contributed by atoms with Crippen LogP contribution in [0.1, 0.15) is 34.1 Å². The number of fused-ring (bicyclic) bond motifs is 1. The van der Waals surface area contributed by atoms with Crippen molar-refractivity contribution >= 4 is 17.8 Å². The van der Waals surface area contributed by atoms with Crippen molar-refractivity contribution in [3.63, 3.8) is 0 Å². The van der Waals surface area contributed by atoms with Crippen LogP contribution in [0.4, 0.5) is 0 Å². The van der Waals surface area contributed by atoms with E-state index in [9.17, 15) is 14.4 Å². The van der Waals surface area contributed by atoms with Crippen LogP contribution in [0.2, 0.25) is 0 Å². The normalized spacial score (nSPS) is 13.7. The fraction of sp³-hybridized carbons (Fsp3) is 0.308. The third-order valence-corrected chi connectivity index (χ3v) is 2.72. The Morgan fingerprint density at radius 3 is 2.22 bits per heavy atom. The van der Waals surface area contributed by atoms with Crippen molar-refractivity contribution in [2.75, 3.05) is 13.2 Å². The van der Waals surface area contributed by atoms with Gasteiger partial charge in [-0.15, -0.1) is 0 Å². The van der Waals surface area contributed by atoms with E-state index in [4.69, 9.17) is 4.74 Å². The van der Waals surface area contributed by atoms with Crippen LogP contribution in [-0.2, 0) is 9.53 Å². The van der Waals surface area contributed by atoms with Crippen molar-refractivity contribution in [3.8, 4) is 0 Å². The molecule has 0 fully saturated rings. The van der Waals surface area contributed by atoms with E-state index in [1.807, 2.05) is 0 Å². The number of ether oxygens (including phenoxy) is 1. The average Bonchev–Trinajstić information content (AvgIpc) is 2.61. The summed E-state index contributed by atoms with van der Waals surface area (Å²) in [7, 11) is 0. The summed E-state index contributed by atoms with van der Waals surface area (Å²) >= 11 is 0. The SMILES string of the molecule is CCOC(=O)CCN1C(=O)c2ccccc2C1=O. The largest absolute Gasteiger partial charge is 0.466 e. The lowest BCUT2D eigenvalue weighted by atomic mass is 10.1. The summed E-state index contributed by atoms with van der Waals surface area (Å²) in [5.74, 6) is -1.10. The first-order valence-corrected chi connectivity index (χ1v) is 5.76. The lowest BCUT2D eigenvalue weighted by Gasteiger charge is -2.12. The molecule has 1 aliphatic rings. The lowest BCUT2D eigenvalue weighted by molar-refractivity contribution is -0.143. The van der Waals surface area contributed by atoms with E-state index in [-0.39, 0.29) is 24.8 Å². The van der Waals surface area contributed by atoms with E-state index >= 15 is 0 Å². The molecule has 5 heteroatoms. The maximum atomic E-state index is 11.9. The minimum atomic E-state index is -0.408. The summed E-state index contributed by atoms with van der Waals surface area (Å²) in [6.07, 6.45) is 0.0271. The van der Waals surface area contributed by atoms with E-state index in [1.165, 1.54) is 0 Å². The minimum absolute atomic E-state index is 0.0271. The molecule has 1 heterocycles. The second-order valence-corrected chi connectivity index (χ2v) is 3.86. The second-order valence-electron chi connectivity index (χ2n) is 3.86. The van der Waals surface area contributed by atoms with Crippen molar-refractivity contribution < 1.29 is 19.1 Å². The molecule has 1 aromatic rings. The zero-order valence-electron chi connectivity index (χ0n) is 10.0. The highest BCUT2D eigenvalue weighted by molar-refractivity contribution is 6.21. The predicted molar refractivity (Wildman–Crippen MR) is 63.1 cm³/mol. The Labute approximate surface area is 104 Å². The molecule has 0 saturated carbocycles. The molecule has 5 nitrogen and oxygen atoms in total. The van der Waals surface area contributed by atoms with Crippen LogP contribution in [0.5, 0.6) is 0 Å². The summed E-state index contributed by atoms with van der Waals surface area (Å²) in [6, 6.07) is 6.64. The smallest absolute Gasteiger partial charge is 0.307 e. The van der Waals surface area contributed by atoms with E-state index in [0.717, 1.165) is 4.90 Å². The average molecular weight is 247 g/mol. The van der Waals surface area contributed by atoms with E-state index in [1.54, 1.807) is 31.2 Å². The Bertz CT molecular complexity index is 474. The summed E-state index contributed by atoms with van der Waals surface area (Å²) in [5, 5.41) is 0. The van der Waals surface area contributed by atoms with Crippen molar-refractivity contribution in [2.24, 2.45) is 0 Å². The zero-order chi connectivity index (χ0) is 13.1. The monoisotopic (exact) mass is 247 g/mol. The highest BCUT2D eigenvalue weighted by Gasteiger charge is 2.34. The highest BCUT2D eigenvalue weighted by Crippen LogP contribution is 2.22. The Morgan fingerprint density at radius 2 is 1.72 bits per heavy atom. The predicted octanol–water partition coefficient (Wildman–Crippen LogP) is 1.24. The summed E-state index contributed by atoms with van der Waals surface area (Å²) in [6.45, 7) is 2.06. The van der Waals surface area contributed by atoms with Gasteiger partial charge in [-0.2, -0.15) is 0 Å². The molecule has 0 bridgehead atoms. The van der Waals surface area contributed by atoms with Gasteiger partial charge in [-0.3, -0.25) is 19.3 Å². The Morgan fingerprint density at radius 1 is 1.17 bits per heavy atom. The summed E-state index contributed by atoms with van der Waals surface area (Å²) < 4.78 is 4.76. The number of nitrogens with zero attached hydrogens (tertiary/aromatic N) is 1. The van der Waals surface area contributed by atoms with Crippen LogP contribution < -0.4 is 0 Å². The molecule has 0 unspecified atom stereocenters. The van der Waals surface area contributed by atoms with Crippen LogP contribution in [0.15, 0.2) is 24.3 Å². The van der Waals surface area contributed by atoms with Gasteiger partial charge in [0.1, 0.15) is 0 Å². The molecular weight excluding hydrogens is 234 g/mol. The number of carbonyl (C=O) groups excluding carboxylic acids is 3. The standard InChI is InChI=1S/C13H13NO4/c1-2-18-11(15)7-8-14-12(16)9-5-3-4-6-10(9)13(14)17/h3-6H,2,7-8H2,1H3. The van der Waals surface area contributed by atoms with Gasteiger partial charge in [-0.25, -0.2) is 0 Å². The van der Waals surface area contributed by atoms with Gasteiger partial charge in [0.05, 0.1) is 24.2 Å². The van der Waals surface area contributed by atoms with E-state index in [0.29, 0.717) is 17.7 Å². The first kappa shape index (κ1) is 12.3. The third kappa shape index (κ3) is 2.11. The summed E-state index contributed by atoms with van der Waals surface area (Å²) in [4.78, 5) is 36.2. The number of imide groups is 1. The van der Waals surface area contributed by atoms with Gasteiger partial charge >= 0.3 is 5.97 Å². The first-order chi connectivity index (χ1) is 8.65. The van der Waals surface area contributed by atoms with Crippen LogP contribution in [0, 0.1) is 0 Å². The number of carbonyl (C=O) groups is 3. The molecule has 0 aromatic heterocycles. The number of benzene rings is 1. The van der Waals surface area contributed by atoms with Gasteiger partial charge in [0.2, 0.25) is 0 Å². The molecule has 0 atom stereocenters. The van der Waals surface area contributed by atoms with Crippen molar-refractivity contribution in [1.82, 2.24) is 4.90 Å². The van der Waals surface area contributed by atoms with Gasteiger partial charge in [-0.1, -0.05) is 12.1 Å². The van der Waals surface area contributed by atoms with Crippen LogP contribution in [0.25, 0.3) is 0 Å². The van der Waals surface area contributed by atoms with E-state index in [2.05, 4.69) is 0 Å². The molecule has 18 heavy (non-hydrogen) atoms. The maximum absolute atomic E-state index is 11.9. The quantitative estimate of drug-likeness (QED) is 0.593. The number of esters is 1. The molecule has 0 saturated heterocycles. The Hall–Kier alpha value is -2.17. The number of amides is 2. The Kier molecular flexibility index (Phi) is 3.41. The number of hydrogen-bond donors (Lipinski definition) is 0. The van der Waals surface area contributed by atoms with Crippen molar-refractivity contribution in [2.45, 2.75) is 13.3 Å². The molecule has 94 valence electrons. The number of hydrogen-bond acceptors (Lipinski definition) is 4. The molecule has 2 amide bonds. The molecule has 0 N–H and O–H groups in total. The van der Waals surface area contributed by atoms with Crippen molar-refractivity contribution in [1.29, 1.82) is 0 Å². The fourth-order valence-electron chi connectivity index (χ4n) is 1.88. The van der Waals surface area contributed by atoms with Crippen molar-refractivity contribution in [3.05, 3.63) is 35.4 Å². The lowest BCUT2D eigenvalue weighted by Crippen LogP contribution is -2.32. The molecule has 1 aliphatic heterocycles. The fourth-order valence-corrected chi connectivity index (χ4v) is 1.88. The molecule has 1 aromatic carbocycles. The Balaban J connectivity index is 2.07. The minimum Gasteiger partial charge on any atom is -0.466 e. The van der Waals surface area contributed by atoms with Crippen LogP contribution in [0.3, 0.4) is 0 Å². The maximum Gasteiger partial charge on any atom is 0.307 e. The van der Waals surface area contributed by atoms with Crippen LogP contribution >= 0.6 is 0 Å². The molecule has 0 spiro atoms. The van der Waals surface area contributed by atoms with Gasteiger partial charge in [-0.05, 0) is 19.1 Å². The molecule has 2 rings (SSSR count). The van der Waals surface area contributed by atoms with Gasteiger partial charge in [0.25, 0.3) is 11.8 Å². The molecular formula is C13H13NO4. The molecule has 0 radical (unpaired) electrons. The second kappa shape index (κ2) is 5.00. The topological polar surface area (TPSA) is 63.7 Å². The zero-order valence-corrected chi connectivity index (χ0v) is 10.0. The highest BCUT2D eigenvalue weighted by atomic mass is 16.5. The van der Waals surface area contributed by atoms with E-state index < -0.39 is 5.97 Å². The molecule has 0 aliphatic carbocycles. The first-order valence-electron chi connectivity index (χ1n) is 5.76. The summed E-state index contributed by atoms with van der Waals surface area (Å²) in [5.41, 5.74) is 0.790. The van der Waals surface area contributed by atoms with Gasteiger partial charge < -0.3 is 4.74 Å². The third-order valence-electron chi connectivity index (χ3n) is 2.72. The number of rotatable bonds is 4. The van der Waals surface area contributed by atoms with Gasteiger partial charge in [0, 0.05) is 6.54 Å². The van der Waals surface area contributed by atoms with Gasteiger partial charge in [0.15, 0.2) is 0 Å².